The van der Waals surface area contributed by atoms with Gasteiger partial charge in [0.2, 0.25) is 0 Å². The molecule has 0 aromatic heterocycles. The fourth-order valence-electron chi connectivity index (χ4n) is 5.55. The van der Waals surface area contributed by atoms with Crippen molar-refractivity contribution in [1.29, 1.82) is 0 Å². The normalized spacial score (nSPS) is 20.6. The van der Waals surface area contributed by atoms with E-state index in [0.29, 0.717) is 24.2 Å². The molecule has 3 aromatic rings. The van der Waals surface area contributed by atoms with Crippen LogP contribution in [0.4, 0.5) is 21.0 Å². The van der Waals surface area contributed by atoms with Gasteiger partial charge in [0, 0.05) is 6.54 Å². The molecule has 5 rings (SSSR count). The van der Waals surface area contributed by atoms with Crippen LogP contribution in [0, 0.1) is 0 Å². The molecule has 2 fully saturated rings. The highest BCUT2D eigenvalue weighted by atomic mass is 16.6. The van der Waals surface area contributed by atoms with E-state index in [1.807, 2.05) is 105 Å². The van der Waals surface area contributed by atoms with E-state index < -0.39 is 35.8 Å². The van der Waals surface area contributed by atoms with Crippen molar-refractivity contribution < 1.29 is 24.2 Å². The highest BCUT2D eigenvalue weighted by molar-refractivity contribution is 6.01. The van der Waals surface area contributed by atoms with E-state index in [1.54, 1.807) is 4.90 Å². The molecule has 2 aliphatic heterocycles. The van der Waals surface area contributed by atoms with E-state index in [9.17, 15) is 19.5 Å². The molecular weight excluding hydrogens is 482 g/mol. The highest BCUT2D eigenvalue weighted by Crippen LogP contribution is 2.38. The summed E-state index contributed by atoms with van der Waals surface area (Å²) in [4.78, 5) is 44.7. The molecule has 8 heteroatoms. The lowest BCUT2D eigenvalue weighted by Crippen LogP contribution is -2.66. The van der Waals surface area contributed by atoms with Crippen LogP contribution in [0.1, 0.15) is 32.3 Å². The molecular formula is C30H31N3O5. The highest BCUT2D eigenvalue weighted by Gasteiger charge is 2.54. The van der Waals surface area contributed by atoms with Crippen molar-refractivity contribution in [3.05, 3.63) is 96.6 Å². The first-order chi connectivity index (χ1) is 18.3. The molecule has 2 aliphatic rings. The summed E-state index contributed by atoms with van der Waals surface area (Å²) in [5.41, 5.74) is 1.20. The van der Waals surface area contributed by atoms with Gasteiger partial charge in [-0.3, -0.25) is 9.80 Å². The lowest BCUT2D eigenvalue weighted by Gasteiger charge is -2.46. The van der Waals surface area contributed by atoms with Gasteiger partial charge in [0.15, 0.2) is 6.04 Å². The molecule has 3 aromatic carbocycles. The maximum absolute atomic E-state index is 14.1. The summed E-state index contributed by atoms with van der Waals surface area (Å²) < 4.78 is 5.93. The lowest BCUT2D eigenvalue weighted by molar-refractivity contribution is -0.146. The molecule has 2 bridgehead atoms. The minimum absolute atomic E-state index is 0.101. The zero-order valence-corrected chi connectivity index (χ0v) is 21.4. The second-order valence-corrected chi connectivity index (χ2v) is 10.2. The van der Waals surface area contributed by atoms with Crippen LogP contribution >= 0.6 is 0 Å². The predicted octanol–water partition coefficient (Wildman–Crippen LogP) is 5.62. The van der Waals surface area contributed by atoms with Crippen molar-refractivity contribution in [2.45, 2.75) is 50.4 Å². The number of para-hydroxylation sites is 2. The number of fused-ring (bicyclic) bond motifs is 2. The monoisotopic (exact) mass is 513 g/mol. The quantitative estimate of drug-likeness (QED) is 0.478. The number of carbonyl (C=O) groups excluding carboxylic acids is 2. The molecule has 3 amide bonds. The van der Waals surface area contributed by atoms with Gasteiger partial charge in [-0.15, -0.1) is 0 Å². The number of urea groups is 1. The van der Waals surface area contributed by atoms with Gasteiger partial charge in [-0.2, -0.15) is 0 Å². The summed E-state index contributed by atoms with van der Waals surface area (Å²) >= 11 is 0. The third kappa shape index (κ3) is 4.69. The number of hydrogen-bond acceptors (Lipinski definition) is 4. The Balaban J connectivity index is 1.44. The number of carboxylic acid groups (broad SMARTS) is 1. The molecule has 0 aliphatic carbocycles. The van der Waals surface area contributed by atoms with Gasteiger partial charge in [0.05, 0.1) is 23.5 Å². The van der Waals surface area contributed by atoms with Gasteiger partial charge in [0.25, 0.3) is 0 Å². The largest absolute Gasteiger partial charge is 0.480 e. The van der Waals surface area contributed by atoms with E-state index in [4.69, 9.17) is 4.74 Å². The maximum Gasteiger partial charge on any atom is 0.411 e. The Morgan fingerprint density at radius 3 is 1.89 bits per heavy atom. The lowest BCUT2D eigenvalue weighted by atomic mass is 9.98. The molecule has 3 atom stereocenters. The van der Waals surface area contributed by atoms with Crippen molar-refractivity contribution in [2.24, 2.45) is 0 Å². The Hall–Kier alpha value is -4.33. The van der Waals surface area contributed by atoms with E-state index in [-0.39, 0.29) is 12.6 Å². The Bertz CT molecular complexity index is 1260. The zero-order chi connectivity index (χ0) is 26.9. The second-order valence-electron chi connectivity index (χ2n) is 10.2. The summed E-state index contributed by atoms with van der Waals surface area (Å²) in [6.45, 7) is 3.73. The van der Waals surface area contributed by atoms with E-state index in [1.165, 1.54) is 9.80 Å². The van der Waals surface area contributed by atoms with Gasteiger partial charge in [-0.25, -0.2) is 14.4 Å². The number of likely N-dealkylation sites (tertiary alicyclic amines) is 1. The third-order valence-corrected chi connectivity index (χ3v) is 7.40. The number of piperazine rings is 1. The van der Waals surface area contributed by atoms with Crippen molar-refractivity contribution in [2.75, 3.05) is 11.4 Å². The maximum atomic E-state index is 14.1. The molecule has 1 N–H and O–H groups in total. The summed E-state index contributed by atoms with van der Waals surface area (Å²) in [6.07, 6.45) is 0.506. The molecule has 2 saturated heterocycles. The number of hydrogen-bond donors (Lipinski definition) is 1. The third-order valence-electron chi connectivity index (χ3n) is 7.40. The predicted molar refractivity (Wildman–Crippen MR) is 143 cm³/mol. The Morgan fingerprint density at radius 2 is 1.37 bits per heavy atom. The minimum atomic E-state index is -1.21. The van der Waals surface area contributed by atoms with Crippen LogP contribution in [0.25, 0.3) is 0 Å². The number of benzene rings is 3. The van der Waals surface area contributed by atoms with Crippen LogP contribution in [0.3, 0.4) is 0 Å². The standard InChI is InChI=1S/C30H31N3O5/c1-30(2,21-12-6-3-7-13-21)38-29(37)33-24-18-19-25(33)26(27(34)35)31(20-24)28(36)32(22-14-8-4-9-15-22)23-16-10-5-11-17-23/h3-17,24-26H,18-20H2,1-2H3,(H,34,35)/t24?,25-,26+/m1/s1. The van der Waals surface area contributed by atoms with Crippen molar-refractivity contribution >= 4 is 29.5 Å². The zero-order valence-electron chi connectivity index (χ0n) is 21.4. The van der Waals surface area contributed by atoms with Crippen molar-refractivity contribution in [3.63, 3.8) is 0 Å². The number of aliphatic carboxylic acids is 1. The van der Waals surface area contributed by atoms with Crippen LogP contribution < -0.4 is 4.90 Å². The number of nitrogens with zero attached hydrogens (tertiary/aromatic N) is 3. The summed E-state index contributed by atoms with van der Waals surface area (Å²) in [7, 11) is 0. The fourth-order valence-corrected chi connectivity index (χ4v) is 5.55. The SMILES string of the molecule is CC(C)(OC(=O)N1C2CC[C@@H]1[C@@H](C(=O)O)N(C(=O)N(c1ccccc1)c1ccccc1)C2)c1ccccc1. The van der Waals surface area contributed by atoms with Gasteiger partial charge in [-0.1, -0.05) is 66.7 Å². The average Bonchev–Trinajstić information content (AvgIpc) is 3.23. The van der Waals surface area contributed by atoms with Crippen molar-refractivity contribution in [1.82, 2.24) is 9.80 Å². The van der Waals surface area contributed by atoms with Crippen LogP contribution in [-0.4, -0.2) is 57.7 Å². The summed E-state index contributed by atoms with van der Waals surface area (Å²) in [6, 6.07) is 25.1. The molecule has 0 saturated carbocycles. The molecule has 2 heterocycles. The van der Waals surface area contributed by atoms with Crippen LogP contribution in [0.15, 0.2) is 91.0 Å². The molecule has 8 nitrogen and oxygen atoms in total. The molecule has 0 spiro atoms. The first kappa shape index (κ1) is 25.3. The van der Waals surface area contributed by atoms with E-state index >= 15 is 0 Å². The molecule has 38 heavy (non-hydrogen) atoms. The number of rotatable bonds is 5. The second kappa shape index (κ2) is 10.2. The van der Waals surface area contributed by atoms with Crippen LogP contribution in [-0.2, 0) is 15.1 Å². The number of anilines is 2. The van der Waals surface area contributed by atoms with E-state index in [2.05, 4.69) is 0 Å². The fraction of sp³-hybridized carbons (Fsp3) is 0.300. The Kier molecular flexibility index (Phi) is 6.80. The topological polar surface area (TPSA) is 90.4 Å². The Labute approximate surface area is 222 Å². The first-order valence-corrected chi connectivity index (χ1v) is 12.8. The summed E-state index contributed by atoms with van der Waals surface area (Å²) in [5.74, 6) is -1.15. The van der Waals surface area contributed by atoms with Gasteiger partial charge in [0.1, 0.15) is 5.60 Å². The Morgan fingerprint density at radius 1 is 0.842 bits per heavy atom. The van der Waals surface area contributed by atoms with Gasteiger partial charge in [-0.05, 0) is 56.5 Å². The van der Waals surface area contributed by atoms with Crippen LogP contribution in [0.2, 0.25) is 0 Å². The minimum Gasteiger partial charge on any atom is -0.480 e. The number of carbonyl (C=O) groups is 3. The number of amides is 3. The molecule has 196 valence electrons. The first-order valence-electron chi connectivity index (χ1n) is 12.8. The van der Waals surface area contributed by atoms with E-state index in [0.717, 1.165) is 5.56 Å². The average molecular weight is 514 g/mol. The molecule has 0 radical (unpaired) electrons. The molecule has 1 unspecified atom stereocenters. The van der Waals surface area contributed by atoms with Crippen molar-refractivity contribution in [3.8, 4) is 0 Å². The van der Waals surface area contributed by atoms with Gasteiger partial charge >= 0.3 is 18.1 Å². The van der Waals surface area contributed by atoms with Crippen LogP contribution in [0.5, 0.6) is 0 Å². The summed E-state index contributed by atoms with van der Waals surface area (Å²) in [5, 5.41) is 10.3. The number of carboxylic acids is 1. The van der Waals surface area contributed by atoms with Gasteiger partial charge < -0.3 is 14.7 Å². The smallest absolute Gasteiger partial charge is 0.411 e. The number of ether oxygens (including phenoxy) is 1.